The van der Waals surface area contributed by atoms with Crippen molar-refractivity contribution in [3.63, 3.8) is 0 Å². The van der Waals surface area contributed by atoms with Gasteiger partial charge in [-0.05, 0) is 24.1 Å². The van der Waals surface area contributed by atoms with Crippen LogP contribution in [0.2, 0.25) is 5.02 Å². The Balaban J connectivity index is 1.27. The monoisotopic (exact) mass is 356 g/mol. The molecule has 5 nitrogen and oxygen atoms in total. The molecule has 2 aliphatic rings. The Bertz CT molecular complexity index is 729. The minimum Gasteiger partial charge on any atom is -0.353 e. The van der Waals surface area contributed by atoms with Crippen LogP contribution in [0.4, 0.5) is 10.6 Å². The third-order valence-corrected chi connectivity index (χ3v) is 5.15. The molecular weight excluding hydrogens is 336 g/mol. The molecule has 2 amide bonds. The zero-order valence-electron chi connectivity index (χ0n) is 13.9. The van der Waals surface area contributed by atoms with Crippen molar-refractivity contribution in [3.8, 4) is 0 Å². The number of carbonyl (C=O) groups is 1. The van der Waals surface area contributed by atoms with E-state index in [9.17, 15) is 4.79 Å². The number of anilines is 1. The molecule has 2 fully saturated rings. The Kier molecular flexibility index (Phi) is 4.49. The highest BCUT2D eigenvalue weighted by molar-refractivity contribution is 6.30. The highest BCUT2D eigenvalue weighted by Gasteiger charge is 2.40. The number of hydrogen-bond donors (Lipinski definition) is 1. The number of nitrogens with one attached hydrogen (secondary N) is 1. The molecule has 4 rings (SSSR count). The lowest BCUT2D eigenvalue weighted by Crippen LogP contribution is -2.52. The zero-order chi connectivity index (χ0) is 17.2. The van der Waals surface area contributed by atoms with Crippen molar-refractivity contribution in [2.45, 2.75) is 18.4 Å². The summed E-state index contributed by atoms with van der Waals surface area (Å²) in [6.45, 7) is 2.99. The fraction of sp³-hybridized carbons (Fsp3) is 0.368. The number of benzene rings is 1. The quantitative estimate of drug-likeness (QED) is 0.919. The van der Waals surface area contributed by atoms with Crippen LogP contribution < -0.4 is 10.2 Å². The molecule has 1 aliphatic heterocycles. The van der Waals surface area contributed by atoms with Crippen molar-refractivity contribution in [3.05, 3.63) is 59.2 Å². The molecule has 2 heterocycles. The predicted octanol–water partition coefficient (Wildman–Crippen LogP) is 3.12. The molecule has 1 saturated heterocycles. The van der Waals surface area contributed by atoms with Crippen LogP contribution in [0.25, 0.3) is 0 Å². The second-order valence-corrected chi connectivity index (χ2v) is 7.05. The van der Waals surface area contributed by atoms with Gasteiger partial charge in [0.05, 0.1) is 5.02 Å². The molecular formula is C19H21ClN4O. The van der Waals surface area contributed by atoms with E-state index in [1.165, 1.54) is 5.56 Å². The van der Waals surface area contributed by atoms with E-state index in [4.69, 9.17) is 11.6 Å². The normalized spacial score (nSPS) is 22.6. The van der Waals surface area contributed by atoms with Crippen molar-refractivity contribution in [2.75, 3.05) is 31.1 Å². The van der Waals surface area contributed by atoms with Crippen LogP contribution in [-0.2, 0) is 0 Å². The average molecular weight is 357 g/mol. The van der Waals surface area contributed by atoms with Gasteiger partial charge in [0.2, 0.25) is 0 Å². The predicted molar refractivity (Wildman–Crippen MR) is 99.2 cm³/mol. The van der Waals surface area contributed by atoms with Gasteiger partial charge in [-0.2, -0.15) is 0 Å². The Labute approximate surface area is 152 Å². The summed E-state index contributed by atoms with van der Waals surface area (Å²) < 4.78 is 0. The van der Waals surface area contributed by atoms with Crippen LogP contribution in [0.3, 0.4) is 0 Å². The molecule has 1 aromatic carbocycles. The van der Waals surface area contributed by atoms with Gasteiger partial charge in [0.1, 0.15) is 5.82 Å². The summed E-state index contributed by atoms with van der Waals surface area (Å²) in [7, 11) is 0. The van der Waals surface area contributed by atoms with E-state index in [0.29, 0.717) is 24.0 Å². The summed E-state index contributed by atoms with van der Waals surface area (Å²) in [5, 5.41) is 3.81. The smallest absolute Gasteiger partial charge is 0.317 e. The largest absolute Gasteiger partial charge is 0.353 e. The Morgan fingerprint density at radius 3 is 2.52 bits per heavy atom. The number of carbonyl (C=O) groups excluding carboxylic acids is 1. The zero-order valence-corrected chi connectivity index (χ0v) is 14.7. The molecule has 0 spiro atoms. The molecule has 2 atom stereocenters. The number of piperazine rings is 1. The SMILES string of the molecule is O=C(N[C@@H]1C[C@H]1c1ccccc1)N1CCN(c2ccc(Cl)cn2)CC1. The van der Waals surface area contributed by atoms with E-state index in [-0.39, 0.29) is 12.1 Å². The van der Waals surface area contributed by atoms with Gasteiger partial charge < -0.3 is 15.1 Å². The molecule has 130 valence electrons. The standard InChI is InChI=1S/C19H21ClN4O/c20-15-6-7-18(21-13-15)23-8-10-24(11-9-23)19(25)22-17-12-16(17)14-4-2-1-3-5-14/h1-7,13,16-17H,8-12H2,(H,22,25)/t16-,17+/m0/s1. The van der Waals surface area contributed by atoms with Crippen molar-refractivity contribution in [2.24, 2.45) is 0 Å². The number of aromatic nitrogens is 1. The van der Waals surface area contributed by atoms with Gasteiger partial charge in [-0.25, -0.2) is 9.78 Å². The summed E-state index contributed by atoms with van der Waals surface area (Å²) >= 11 is 5.88. The van der Waals surface area contributed by atoms with Crippen molar-refractivity contribution < 1.29 is 4.79 Å². The summed E-state index contributed by atoms with van der Waals surface area (Å²) in [4.78, 5) is 20.9. The number of amides is 2. The van der Waals surface area contributed by atoms with Crippen LogP contribution in [0, 0.1) is 0 Å². The molecule has 1 saturated carbocycles. The number of nitrogens with zero attached hydrogens (tertiary/aromatic N) is 3. The fourth-order valence-corrected chi connectivity index (χ4v) is 3.48. The van der Waals surface area contributed by atoms with Crippen molar-refractivity contribution >= 4 is 23.4 Å². The molecule has 1 aliphatic carbocycles. The molecule has 0 radical (unpaired) electrons. The van der Waals surface area contributed by atoms with Gasteiger partial charge in [-0.15, -0.1) is 0 Å². The van der Waals surface area contributed by atoms with E-state index in [0.717, 1.165) is 25.3 Å². The third-order valence-electron chi connectivity index (χ3n) is 4.93. The molecule has 0 bridgehead atoms. The molecule has 1 aromatic heterocycles. The van der Waals surface area contributed by atoms with Crippen LogP contribution in [0.1, 0.15) is 17.9 Å². The van der Waals surface area contributed by atoms with Gasteiger partial charge >= 0.3 is 6.03 Å². The first-order valence-electron chi connectivity index (χ1n) is 8.67. The highest BCUT2D eigenvalue weighted by Crippen LogP contribution is 2.40. The molecule has 1 N–H and O–H groups in total. The maximum Gasteiger partial charge on any atom is 0.317 e. The maximum atomic E-state index is 12.5. The van der Waals surface area contributed by atoms with Gasteiger partial charge in [-0.3, -0.25) is 0 Å². The Morgan fingerprint density at radius 1 is 1.08 bits per heavy atom. The first kappa shape index (κ1) is 16.2. The lowest BCUT2D eigenvalue weighted by Gasteiger charge is -2.35. The number of urea groups is 1. The number of halogens is 1. The summed E-state index contributed by atoms with van der Waals surface area (Å²) in [5.41, 5.74) is 1.31. The topological polar surface area (TPSA) is 48.5 Å². The Hall–Kier alpha value is -2.27. The van der Waals surface area contributed by atoms with Crippen molar-refractivity contribution in [1.82, 2.24) is 15.2 Å². The average Bonchev–Trinajstić information content (AvgIpc) is 3.42. The fourth-order valence-electron chi connectivity index (χ4n) is 3.37. The number of rotatable bonds is 3. The third kappa shape index (κ3) is 3.71. The minimum atomic E-state index is 0.0483. The lowest BCUT2D eigenvalue weighted by atomic mass is 10.1. The molecule has 25 heavy (non-hydrogen) atoms. The van der Waals surface area contributed by atoms with E-state index in [1.807, 2.05) is 23.1 Å². The van der Waals surface area contributed by atoms with Gasteiger partial charge in [0, 0.05) is 44.3 Å². The minimum absolute atomic E-state index is 0.0483. The molecule has 6 heteroatoms. The Morgan fingerprint density at radius 2 is 1.84 bits per heavy atom. The molecule has 0 unspecified atom stereocenters. The number of hydrogen-bond acceptors (Lipinski definition) is 3. The summed E-state index contributed by atoms with van der Waals surface area (Å²) in [6, 6.07) is 14.5. The maximum absolute atomic E-state index is 12.5. The van der Waals surface area contributed by atoms with Crippen LogP contribution >= 0.6 is 11.6 Å². The summed E-state index contributed by atoms with van der Waals surface area (Å²) in [6.07, 6.45) is 2.69. The summed E-state index contributed by atoms with van der Waals surface area (Å²) in [5.74, 6) is 1.38. The second kappa shape index (κ2) is 6.92. The van der Waals surface area contributed by atoms with E-state index in [1.54, 1.807) is 6.20 Å². The first-order valence-corrected chi connectivity index (χ1v) is 9.05. The highest BCUT2D eigenvalue weighted by atomic mass is 35.5. The van der Waals surface area contributed by atoms with E-state index >= 15 is 0 Å². The van der Waals surface area contributed by atoms with E-state index < -0.39 is 0 Å². The van der Waals surface area contributed by atoms with Crippen molar-refractivity contribution in [1.29, 1.82) is 0 Å². The van der Waals surface area contributed by atoms with Gasteiger partial charge in [0.15, 0.2) is 0 Å². The van der Waals surface area contributed by atoms with Gasteiger partial charge in [-0.1, -0.05) is 41.9 Å². The van der Waals surface area contributed by atoms with Crippen LogP contribution in [-0.4, -0.2) is 48.1 Å². The van der Waals surface area contributed by atoms with Crippen LogP contribution in [0.5, 0.6) is 0 Å². The molecule has 2 aromatic rings. The second-order valence-electron chi connectivity index (χ2n) is 6.62. The van der Waals surface area contributed by atoms with Crippen LogP contribution in [0.15, 0.2) is 48.7 Å². The lowest BCUT2D eigenvalue weighted by molar-refractivity contribution is 0.193. The first-order chi connectivity index (χ1) is 12.2. The number of pyridine rings is 1. The van der Waals surface area contributed by atoms with E-state index in [2.05, 4.69) is 39.5 Å². The van der Waals surface area contributed by atoms with Gasteiger partial charge in [0.25, 0.3) is 0 Å².